The summed E-state index contributed by atoms with van der Waals surface area (Å²) in [4.78, 5) is 2.37. The number of hydrogen-bond donors (Lipinski definition) is 1. The fourth-order valence-corrected chi connectivity index (χ4v) is 2.11. The third kappa shape index (κ3) is 4.84. The van der Waals surface area contributed by atoms with Gasteiger partial charge in [-0.05, 0) is 31.9 Å². The Morgan fingerprint density at radius 2 is 2.11 bits per heavy atom. The first-order valence-electron chi connectivity index (χ1n) is 7.12. The molecule has 1 atom stereocenters. The minimum atomic E-state index is 0.556. The highest BCUT2D eigenvalue weighted by atomic mass is 16.5. The molecular formula is C16H28N2O. The van der Waals surface area contributed by atoms with Gasteiger partial charge in [-0.1, -0.05) is 24.6 Å². The van der Waals surface area contributed by atoms with E-state index in [0.717, 1.165) is 26.1 Å². The van der Waals surface area contributed by atoms with Gasteiger partial charge in [-0.15, -0.1) is 0 Å². The highest BCUT2D eigenvalue weighted by molar-refractivity contribution is 5.55. The lowest BCUT2D eigenvalue weighted by Crippen LogP contribution is -2.30. The standard InChI is InChI=1S/C16H28N2O/c1-6-14(3)18(4)16-8-7-13(2)11-15(16)12-17-9-10-19-5/h7-8,11,14,17H,6,9-10,12H2,1-5H3. The Hall–Kier alpha value is -1.06. The Kier molecular flexibility index (Phi) is 6.89. The van der Waals surface area contributed by atoms with Crippen molar-refractivity contribution in [3.63, 3.8) is 0 Å². The van der Waals surface area contributed by atoms with Gasteiger partial charge in [0.25, 0.3) is 0 Å². The molecule has 1 N–H and O–H groups in total. The van der Waals surface area contributed by atoms with Gasteiger partial charge in [-0.3, -0.25) is 0 Å². The minimum absolute atomic E-state index is 0.556. The molecule has 1 aromatic carbocycles. The molecule has 0 aliphatic rings. The molecule has 0 fully saturated rings. The number of methoxy groups -OCH3 is 1. The van der Waals surface area contributed by atoms with Crippen molar-refractivity contribution >= 4 is 5.69 Å². The van der Waals surface area contributed by atoms with Crippen molar-refractivity contribution in [2.75, 3.05) is 32.2 Å². The van der Waals surface area contributed by atoms with Crippen molar-refractivity contribution in [2.24, 2.45) is 0 Å². The van der Waals surface area contributed by atoms with E-state index in [-0.39, 0.29) is 0 Å². The molecule has 3 nitrogen and oxygen atoms in total. The van der Waals surface area contributed by atoms with Crippen molar-refractivity contribution in [2.45, 2.75) is 39.8 Å². The summed E-state index contributed by atoms with van der Waals surface area (Å²) in [5.74, 6) is 0. The van der Waals surface area contributed by atoms with E-state index in [4.69, 9.17) is 4.74 Å². The van der Waals surface area contributed by atoms with Crippen molar-refractivity contribution in [3.8, 4) is 0 Å². The Bertz CT molecular complexity index is 379. The highest BCUT2D eigenvalue weighted by Crippen LogP contribution is 2.23. The van der Waals surface area contributed by atoms with Crippen molar-refractivity contribution < 1.29 is 4.74 Å². The Morgan fingerprint density at radius 1 is 1.37 bits per heavy atom. The number of benzene rings is 1. The van der Waals surface area contributed by atoms with Crippen molar-refractivity contribution in [1.29, 1.82) is 0 Å². The monoisotopic (exact) mass is 264 g/mol. The first-order chi connectivity index (χ1) is 9.10. The summed E-state index contributed by atoms with van der Waals surface area (Å²) in [6.45, 7) is 9.17. The van der Waals surface area contributed by atoms with Crippen LogP contribution in [0.25, 0.3) is 0 Å². The van der Waals surface area contributed by atoms with Crippen LogP contribution in [0.5, 0.6) is 0 Å². The molecule has 1 rings (SSSR count). The van der Waals surface area contributed by atoms with Crippen LogP contribution in [-0.4, -0.2) is 33.4 Å². The molecular weight excluding hydrogens is 236 g/mol. The number of hydrogen-bond acceptors (Lipinski definition) is 3. The van der Waals surface area contributed by atoms with Crippen LogP contribution in [0, 0.1) is 6.92 Å². The van der Waals surface area contributed by atoms with E-state index in [1.54, 1.807) is 7.11 Å². The Labute approximate surface area is 118 Å². The molecule has 1 aromatic rings. The smallest absolute Gasteiger partial charge is 0.0587 e. The average molecular weight is 264 g/mol. The second kappa shape index (κ2) is 8.18. The van der Waals surface area contributed by atoms with Crippen LogP contribution in [-0.2, 0) is 11.3 Å². The number of nitrogens with zero attached hydrogens (tertiary/aromatic N) is 1. The van der Waals surface area contributed by atoms with Crippen molar-refractivity contribution in [1.82, 2.24) is 5.32 Å². The number of ether oxygens (including phenoxy) is 1. The van der Waals surface area contributed by atoms with Gasteiger partial charge in [0.1, 0.15) is 0 Å². The lowest BCUT2D eigenvalue weighted by Gasteiger charge is -2.28. The predicted octanol–water partition coefficient (Wildman–Crippen LogP) is 2.97. The molecule has 1 unspecified atom stereocenters. The van der Waals surface area contributed by atoms with E-state index in [0.29, 0.717) is 6.04 Å². The van der Waals surface area contributed by atoms with Gasteiger partial charge < -0.3 is 15.0 Å². The Morgan fingerprint density at radius 3 is 2.74 bits per heavy atom. The lowest BCUT2D eigenvalue weighted by molar-refractivity contribution is 0.199. The number of anilines is 1. The maximum absolute atomic E-state index is 5.06. The van der Waals surface area contributed by atoms with E-state index < -0.39 is 0 Å². The number of aryl methyl sites for hydroxylation is 1. The average Bonchev–Trinajstić information content (AvgIpc) is 2.42. The van der Waals surface area contributed by atoms with E-state index in [9.17, 15) is 0 Å². The molecule has 0 radical (unpaired) electrons. The van der Waals surface area contributed by atoms with E-state index in [1.807, 2.05) is 0 Å². The van der Waals surface area contributed by atoms with Gasteiger partial charge in [0.05, 0.1) is 6.61 Å². The summed E-state index contributed by atoms with van der Waals surface area (Å²) in [5.41, 5.74) is 3.99. The largest absolute Gasteiger partial charge is 0.383 e. The lowest BCUT2D eigenvalue weighted by atomic mass is 10.1. The summed E-state index contributed by atoms with van der Waals surface area (Å²) in [7, 11) is 3.91. The summed E-state index contributed by atoms with van der Waals surface area (Å²) >= 11 is 0. The van der Waals surface area contributed by atoms with Crippen LogP contribution in [0.1, 0.15) is 31.4 Å². The zero-order chi connectivity index (χ0) is 14.3. The second-order valence-electron chi connectivity index (χ2n) is 5.17. The van der Waals surface area contributed by atoms with Crippen LogP contribution < -0.4 is 10.2 Å². The summed E-state index contributed by atoms with van der Waals surface area (Å²) in [6, 6.07) is 7.25. The fraction of sp³-hybridized carbons (Fsp3) is 0.625. The third-order valence-electron chi connectivity index (χ3n) is 3.67. The highest BCUT2D eigenvalue weighted by Gasteiger charge is 2.12. The molecule has 0 aliphatic carbocycles. The number of nitrogens with one attached hydrogen (secondary N) is 1. The first kappa shape index (κ1) is 16.0. The molecule has 3 heteroatoms. The molecule has 108 valence electrons. The van der Waals surface area contributed by atoms with Crippen LogP contribution in [0.4, 0.5) is 5.69 Å². The summed E-state index contributed by atoms with van der Waals surface area (Å²) in [5, 5.41) is 3.43. The quantitative estimate of drug-likeness (QED) is 0.731. The van der Waals surface area contributed by atoms with Gasteiger partial charge in [0.15, 0.2) is 0 Å². The van der Waals surface area contributed by atoms with Gasteiger partial charge in [0, 0.05) is 39.0 Å². The maximum Gasteiger partial charge on any atom is 0.0587 e. The molecule has 0 aliphatic heterocycles. The first-order valence-corrected chi connectivity index (χ1v) is 7.12. The van der Waals surface area contributed by atoms with E-state index in [1.165, 1.54) is 16.8 Å². The van der Waals surface area contributed by atoms with Gasteiger partial charge in [-0.2, -0.15) is 0 Å². The topological polar surface area (TPSA) is 24.5 Å². The van der Waals surface area contributed by atoms with Crippen LogP contribution in [0.3, 0.4) is 0 Å². The van der Waals surface area contributed by atoms with Gasteiger partial charge in [0.2, 0.25) is 0 Å². The molecule has 0 bridgehead atoms. The molecule has 19 heavy (non-hydrogen) atoms. The second-order valence-corrected chi connectivity index (χ2v) is 5.17. The summed E-state index contributed by atoms with van der Waals surface area (Å²) in [6.07, 6.45) is 1.15. The molecule has 0 saturated heterocycles. The summed E-state index contributed by atoms with van der Waals surface area (Å²) < 4.78 is 5.06. The third-order valence-corrected chi connectivity index (χ3v) is 3.67. The molecule has 0 amide bonds. The minimum Gasteiger partial charge on any atom is -0.383 e. The predicted molar refractivity (Wildman–Crippen MR) is 82.9 cm³/mol. The van der Waals surface area contributed by atoms with Crippen molar-refractivity contribution in [3.05, 3.63) is 29.3 Å². The van der Waals surface area contributed by atoms with Crippen LogP contribution >= 0.6 is 0 Å². The SMILES string of the molecule is CCC(C)N(C)c1ccc(C)cc1CNCCOC. The zero-order valence-corrected chi connectivity index (χ0v) is 13.0. The number of rotatable bonds is 8. The van der Waals surface area contributed by atoms with Crippen LogP contribution in [0.15, 0.2) is 18.2 Å². The van der Waals surface area contributed by atoms with E-state index in [2.05, 4.69) is 56.2 Å². The van der Waals surface area contributed by atoms with Crippen LogP contribution in [0.2, 0.25) is 0 Å². The fourth-order valence-electron chi connectivity index (χ4n) is 2.11. The Balaban J connectivity index is 2.79. The van der Waals surface area contributed by atoms with Gasteiger partial charge >= 0.3 is 0 Å². The molecule has 0 aromatic heterocycles. The molecule has 0 spiro atoms. The van der Waals surface area contributed by atoms with E-state index >= 15 is 0 Å². The maximum atomic E-state index is 5.06. The normalized spacial score (nSPS) is 12.5. The zero-order valence-electron chi connectivity index (χ0n) is 13.0. The molecule has 0 saturated carbocycles. The molecule has 0 heterocycles. The van der Waals surface area contributed by atoms with Gasteiger partial charge in [-0.25, -0.2) is 0 Å².